The smallest absolute Gasteiger partial charge is 0.462 e. The van der Waals surface area contributed by atoms with Crippen LogP contribution >= 0.6 is 15.6 Å². The molecule has 0 aliphatic rings. The number of aliphatic hydroxyl groups excluding tert-OH is 1. The minimum atomic E-state index is -4.95. The van der Waals surface area contributed by atoms with Gasteiger partial charge in [-0.15, -0.1) is 0 Å². The SMILES string of the molecule is CCCCCCCCCCCCCCCCC(=O)OC[C@H](COP(=O)(O)OC[C@@H](O)COP(=O)(O)OC[C@@H](COC(=O)CCCCCCCCC)OC(=O)CCCCCCCCC(C)C)OC(=O)CCCCCCCCCCCCC(C)CC. The van der Waals surface area contributed by atoms with Gasteiger partial charge in [-0.1, -0.05) is 273 Å². The number of phosphoric acid groups is 2. The molecule has 19 heteroatoms. The van der Waals surface area contributed by atoms with Crippen molar-refractivity contribution < 1.29 is 80.2 Å². The zero-order valence-corrected chi connectivity index (χ0v) is 56.0. The van der Waals surface area contributed by atoms with Crippen LogP contribution in [0.1, 0.15) is 324 Å². The van der Waals surface area contributed by atoms with Crippen molar-refractivity contribution >= 4 is 39.5 Å². The van der Waals surface area contributed by atoms with E-state index >= 15 is 0 Å². The Morgan fingerprint density at radius 3 is 0.905 bits per heavy atom. The maximum Gasteiger partial charge on any atom is 0.472 e. The van der Waals surface area contributed by atoms with Gasteiger partial charge in [-0.25, -0.2) is 9.13 Å². The van der Waals surface area contributed by atoms with E-state index in [1.54, 1.807) is 0 Å². The van der Waals surface area contributed by atoms with Crippen LogP contribution < -0.4 is 0 Å². The van der Waals surface area contributed by atoms with Crippen LogP contribution in [-0.2, 0) is 65.4 Å². The monoisotopic (exact) mass is 1240 g/mol. The first-order valence-electron chi connectivity index (χ1n) is 34.0. The molecule has 0 bridgehead atoms. The fourth-order valence-electron chi connectivity index (χ4n) is 9.68. The molecular weight excluding hydrogens is 1110 g/mol. The zero-order valence-electron chi connectivity index (χ0n) is 54.2. The van der Waals surface area contributed by atoms with E-state index in [0.717, 1.165) is 109 Å². The highest BCUT2D eigenvalue weighted by molar-refractivity contribution is 7.47. The first-order valence-corrected chi connectivity index (χ1v) is 37.0. The molecule has 0 rings (SSSR count). The van der Waals surface area contributed by atoms with Crippen molar-refractivity contribution in [1.29, 1.82) is 0 Å². The molecule has 0 radical (unpaired) electrons. The number of ether oxygens (including phenoxy) is 4. The molecule has 0 amide bonds. The maximum absolute atomic E-state index is 13.0. The minimum Gasteiger partial charge on any atom is -0.462 e. The predicted molar refractivity (Wildman–Crippen MR) is 335 cm³/mol. The van der Waals surface area contributed by atoms with E-state index in [2.05, 4.69) is 41.5 Å². The average Bonchev–Trinajstić information content (AvgIpc) is 3.51. The molecular formula is C65H126O17P2. The molecule has 0 saturated carbocycles. The Bertz CT molecular complexity index is 1650. The molecule has 0 heterocycles. The van der Waals surface area contributed by atoms with Gasteiger partial charge in [-0.2, -0.15) is 0 Å². The molecule has 0 aromatic heterocycles. The van der Waals surface area contributed by atoms with Crippen molar-refractivity contribution in [2.24, 2.45) is 11.8 Å². The van der Waals surface area contributed by atoms with Crippen LogP contribution in [-0.4, -0.2) is 96.7 Å². The van der Waals surface area contributed by atoms with Gasteiger partial charge in [0, 0.05) is 25.7 Å². The van der Waals surface area contributed by atoms with E-state index in [1.807, 2.05) is 0 Å². The standard InChI is InChI=1S/C65H126O17P2/c1-7-10-12-14-16-17-18-19-20-21-25-29-36-42-48-63(68)76-54-60(81-64(69)49-43-37-30-26-23-22-24-28-34-40-46-58(6)9-3)55-79-83(71,72)77-51-59(66)52-78-84(73,74)80-56-61(53-75-62(67)47-41-35-27-15-13-11-8-2)82-65(70)50-44-38-32-31-33-39-45-57(4)5/h57-61,66H,7-56H2,1-6H3,(H,71,72)(H,73,74)/t58?,59-,60-,61-/m1/s1. The summed E-state index contributed by atoms with van der Waals surface area (Å²) in [5.41, 5.74) is 0. The molecule has 84 heavy (non-hydrogen) atoms. The highest BCUT2D eigenvalue weighted by Crippen LogP contribution is 2.45. The lowest BCUT2D eigenvalue weighted by Crippen LogP contribution is -2.30. The summed E-state index contributed by atoms with van der Waals surface area (Å²) in [6, 6.07) is 0. The number of carbonyl (C=O) groups is 4. The Balaban J connectivity index is 5.21. The molecule has 0 aromatic rings. The lowest BCUT2D eigenvalue weighted by atomic mass is 9.99. The number of aliphatic hydroxyl groups is 1. The molecule has 0 aromatic carbocycles. The van der Waals surface area contributed by atoms with Gasteiger partial charge in [0.05, 0.1) is 26.4 Å². The van der Waals surface area contributed by atoms with E-state index in [9.17, 15) is 43.2 Å². The van der Waals surface area contributed by atoms with Crippen LogP contribution in [0.4, 0.5) is 0 Å². The summed E-state index contributed by atoms with van der Waals surface area (Å²) >= 11 is 0. The van der Waals surface area contributed by atoms with Gasteiger partial charge in [0.15, 0.2) is 12.2 Å². The third-order valence-electron chi connectivity index (χ3n) is 15.3. The van der Waals surface area contributed by atoms with Crippen molar-refractivity contribution in [3.63, 3.8) is 0 Å². The fourth-order valence-corrected chi connectivity index (χ4v) is 11.3. The van der Waals surface area contributed by atoms with E-state index < -0.39 is 97.5 Å². The summed E-state index contributed by atoms with van der Waals surface area (Å²) in [7, 11) is -9.88. The molecule has 0 fully saturated rings. The first-order chi connectivity index (χ1) is 40.4. The summed E-state index contributed by atoms with van der Waals surface area (Å²) in [6.07, 6.45) is 40.5. The number of carbonyl (C=O) groups excluding carboxylic acids is 4. The second-order valence-corrected chi connectivity index (χ2v) is 27.1. The summed E-state index contributed by atoms with van der Waals surface area (Å²) < 4.78 is 67.9. The van der Waals surface area contributed by atoms with Gasteiger partial charge in [-0.3, -0.25) is 37.3 Å². The van der Waals surface area contributed by atoms with Gasteiger partial charge in [0.2, 0.25) is 0 Å². The number of hydrogen-bond acceptors (Lipinski definition) is 15. The van der Waals surface area contributed by atoms with Crippen LogP contribution in [0.3, 0.4) is 0 Å². The van der Waals surface area contributed by atoms with Crippen molar-refractivity contribution in [3.8, 4) is 0 Å². The van der Waals surface area contributed by atoms with E-state index in [1.165, 1.54) is 128 Å². The second-order valence-electron chi connectivity index (χ2n) is 24.2. The molecule has 3 unspecified atom stereocenters. The number of esters is 4. The van der Waals surface area contributed by atoms with Crippen molar-refractivity contribution in [2.75, 3.05) is 39.6 Å². The van der Waals surface area contributed by atoms with Crippen LogP contribution in [0.2, 0.25) is 0 Å². The molecule has 498 valence electrons. The quantitative estimate of drug-likeness (QED) is 0.0222. The fraction of sp³-hybridized carbons (Fsp3) is 0.938. The van der Waals surface area contributed by atoms with Crippen LogP contribution in [0, 0.1) is 11.8 Å². The summed E-state index contributed by atoms with van der Waals surface area (Å²) in [6.45, 7) is 9.40. The van der Waals surface area contributed by atoms with Gasteiger partial charge in [0.1, 0.15) is 19.3 Å². The molecule has 3 N–H and O–H groups in total. The molecule has 6 atom stereocenters. The third-order valence-corrected chi connectivity index (χ3v) is 17.2. The highest BCUT2D eigenvalue weighted by atomic mass is 31.2. The van der Waals surface area contributed by atoms with Gasteiger partial charge in [-0.05, 0) is 37.5 Å². The lowest BCUT2D eigenvalue weighted by Gasteiger charge is -2.21. The summed E-state index contributed by atoms with van der Waals surface area (Å²) in [5, 5.41) is 10.5. The van der Waals surface area contributed by atoms with Gasteiger partial charge < -0.3 is 33.8 Å². The number of rotatable bonds is 64. The molecule has 0 saturated heterocycles. The second kappa shape index (κ2) is 57.5. The zero-order chi connectivity index (χ0) is 62.2. The van der Waals surface area contributed by atoms with Crippen molar-refractivity contribution in [2.45, 2.75) is 342 Å². The number of phosphoric ester groups is 2. The van der Waals surface area contributed by atoms with Crippen LogP contribution in [0.25, 0.3) is 0 Å². The summed E-state index contributed by atoms with van der Waals surface area (Å²) in [4.78, 5) is 72.1. The average molecular weight is 1240 g/mol. The van der Waals surface area contributed by atoms with Gasteiger partial charge >= 0.3 is 39.5 Å². The van der Waals surface area contributed by atoms with Crippen molar-refractivity contribution in [1.82, 2.24) is 0 Å². The Morgan fingerprint density at radius 2 is 0.607 bits per heavy atom. The Morgan fingerprint density at radius 1 is 0.345 bits per heavy atom. The topological polar surface area (TPSA) is 237 Å². The normalized spacial score (nSPS) is 14.6. The molecule has 17 nitrogen and oxygen atoms in total. The highest BCUT2D eigenvalue weighted by Gasteiger charge is 2.30. The van der Waals surface area contributed by atoms with E-state index in [-0.39, 0.29) is 25.7 Å². The predicted octanol–water partition coefficient (Wildman–Crippen LogP) is 18.0. The Labute approximate surface area is 511 Å². The molecule has 0 spiro atoms. The maximum atomic E-state index is 13.0. The minimum absolute atomic E-state index is 0.102. The van der Waals surface area contributed by atoms with E-state index in [0.29, 0.717) is 31.6 Å². The third kappa shape index (κ3) is 57.8. The molecule has 0 aliphatic carbocycles. The Hall–Kier alpha value is -1.94. The number of hydrogen-bond donors (Lipinski definition) is 3. The van der Waals surface area contributed by atoms with Crippen LogP contribution in [0.5, 0.6) is 0 Å². The van der Waals surface area contributed by atoms with Crippen LogP contribution in [0.15, 0.2) is 0 Å². The summed E-state index contributed by atoms with van der Waals surface area (Å²) in [5.74, 6) is -0.667. The Kier molecular flexibility index (Phi) is 56.2. The largest absolute Gasteiger partial charge is 0.472 e. The number of unbranched alkanes of at least 4 members (excludes halogenated alkanes) is 33. The molecule has 0 aliphatic heterocycles. The van der Waals surface area contributed by atoms with Crippen molar-refractivity contribution in [3.05, 3.63) is 0 Å². The van der Waals surface area contributed by atoms with Gasteiger partial charge in [0.25, 0.3) is 0 Å². The first kappa shape index (κ1) is 82.1. The lowest BCUT2D eigenvalue weighted by molar-refractivity contribution is -0.161. The van der Waals surface area contributed by atoms with E-state index in [4.69, 9.17) is 37.0 Å².